The number of benzene rings is 2. The Morgan fingerprint density at radius 2 is 1.80 bits per heavy atom. The topological polar surface area (TPSA) is 160 Å². The number of halogens is 2. The fourth-order valence-electron chi connectivity index (χ4n) is 13.3. The van der Waals surface area contributed by atoms with Crippen molar-refractivity contribution in [3.63, 3.8) is 0 Å². The number of aromatic amines is 1. The van der Waals surface area contributed by atoms with Gasteiger partial charge in [0, 0.05) is 103 Å². The maximum absolute atomic E-state index is 15.4. The lowest BCUT2D eigenvalue weighted by atomic mass is 9.47. The Morgan fingerprint density at radius 1 is 1.05 bits per heavy atom. The molecular formula is C45H55F2N5O8. The molecule has 2 bridgehead atoms. The Bertz CT molecular complexity index is 2330. The summed E-state index contributed by atoms with van der Waals surface area (Å²) in [6.07, 6.45) is 3.93. The van der Waals surface area contributed by atoms with Gasteiger partial charge in [0.15, 0.2) is 6.10 Å². The van der Waals surface area contributed by atoms with E-state index in [9.17, 15) is 14.7 Å². The van der Waals surface area contributed by atoms with Crippen molar-refractivity contribution in [2.24, 2.45) is 17.3 Å². The summed E-state index contributed by atoms with van der Waals surface area (Å²) in [5, 5.41) is 14.1. The lowest BCUT2D eigenvalue weighted by Crippen LogP contribution is -2.81. The van der Waals surface area contributed by atoms with Crippen LogP contribution in [0.25, 0.3) is 10.9 Å². The van der Waals surface area contributed by atoms with E-state index >= 15 is 13.6 Å². The van der Waals surface area contributed by atoms with Crippen LogP contribution in [-0.2, 0) is 46.0 Å². The number of nitrogens with one attached hydrogen (secondary N) is 1. The Kier molecular flexibility index (Phi) is 9.24. The summed E-state index contributed by atoms with van der Waals surface area (Å²) in [7, 11) is 5.89. The molecule has 6 heterocycles. The number of esters is 3. The number of methoxy groups -OCH3 is 3. The number of anilines is 2. The Hall–Kier alpha value is -4.73. The lowest BCUT2D eigenvalue weighted by molar-refractivity contribution is -0.228. The molecule has 3 fully saturated rings. The molecule has 13 nitrogen and oxygen atoms in total. The van der Waals surface area contributed by atoms with Crippen LogP contribution in [-0.4, -0.2) is 122 Å². The minimum atomic E-state index is -2.96. The average Bonchev–Trinajstić information content (AvgIpc) is 3.86. The number of nitrogens with two attached hydrogens (primary N) is 1. The van der Waals surface area contributed by atoms with Crippen molar-refractivity contribution in [2.45, 2.75) is 93.5 Å². The fraction of sp³-hybridized carbons (Fsp3) is 0.578. The largest absolute Gasteiger partial charge is 0.496 e. The zero-order valence-corrected chi connectivity index (χ0v) is 35.3. The molecule has 2 saturated heterocycles. The lowest BCUT2D eigenvalue weighted by Gasteiger charge is -2.63. The zero-order valence-electron chi connectivity index (χ0n) is 35.3. The number of H-pyrrole nitrogens is 1. The molecule has 1 spiro atoms. The van der Waals surface area contributed by atoms with Crippen LogP contribution in [0.2, 0.25) is 0 Å². The smallest absolute Gasteiger partial charge is 0.344 e. The summed E-state index contributed by atoms with van der Waals surface area (Å²) in [6.45, 7) is 6.38. The third kappa shape index (κ3) is 5.20. The second-order valence-corrected chi connectivity index (χ2v) is 18.3. The number of aliphatic hydroxyl groups is 1. The fourth-order valence-corrected chi connectivity index (χ4v) is 13.3. The van der Waals surface area contributed by atoms with Crippen LogP contribution < -0.4 is 15.4 Å². The van der Waals surface area contributed by atoms with Crippen molar-refractivity contribution in [3.8, 4) is 5.75 Å². The van der Waals surface area contributed by atoms with Gasteiger partial charge in [0.1, 0.15) is 11.2 Å². The van der Waals surface area contributed by atoms with Gasteiger partial charge in [0.2, 0.25) is 11.5 Å². The summed E-state index contributed by atoms with van der Waals surface area (Å²) >= 11 is 0. The monoisotopic (exact) mass is 831 g/mol. The first kappa shape index (κ1) is 40.7. The van der Waals surface area contributed by atoms with Crippen molar-refractivity contribution in [2.75, 3.05) is 65.2 Å². The van der Waals surface area contributed by atoms with Crippen LogP contribution in [0.1, 0.15) is 68.8 Å². The zero-order chi connectivity index (χ0) is 42.9. The number of aromatic nitrogens is 1. The maximum atomic E-state index is 15.4. The molecule has 10 atom stereocenters. The van der Waals surface area contributed by atoms with Gasteiger partial charge in [-0.3, -0.25) is 19.4 Å². The number of nitrogen functional groups attached to an aromatic ring is 1. The van der Waals surface area contributed by atoms with Crippen LogP contribution in [0, 0.1) is 17.3 Å². The van der Waals surface area contributed by atoms with E-state index in [1.165, 1.54) is 28.3 Å². The number of nitrogens with zero attached hydrogens (tertiary/aromatic N) is 3. The average molecular weight is 832 g/mol. The van der Waals surface area contributed by atoms with Gasteiger partial charge in [0.25, 0.3) is 0 Å². The molecule has 5 aliphatic heterocycles. The number of piperidine rings is 1. The predicted molar refractivity (Wildman–Crippen MR) is 219 cm³/mol. The van der Waals surface area contributed by atoms with Crippen LogP contribution >= 0.6 is 0 Å². The van der Waals surface area contributed by atoms with Gasteiger partial charge in [0.05, 0.1) is 27.4 Å². The summed E-state index contributed by atoms with van der Waals surface area (Å²) in [5.41, 5.74) is 4.90. The van der Waals surface area contributed by atoms with Crippen molar-refractivity contribution < 1.29 is 47.2 Å². The van der Waals surface area contributed by atoms with E-state index in [0.717, 1.165) is 29.0 Å². The highest BCUT2D eigenvalue weighted by Crippen LogP contribution is 2.68. The highest BCUT2D eigenvalue weighted by molar-refractivity contribution is 5.95. The first-order valence-electron chi connectivity index (χ1n) is 20.9. The van der Waals surface area contributed by atoms with Gasteiger partial charge in [-0.25, -0.2) is 13.6 Å². The van der Waals surface area contributed by atoms with E-state index in [4.69, 9.17) is 24.7 Å². The van der Waals surface area contributed by atoms with Crippen LogP contribution in [0.4, 0.5) is 20.2 Å². The van der Waals surface area contributed by atoms with Gasteiger partial charge in [-0.2, -0.15) is 0 Å². The van der Waals surface area contributed by atoms with E-state index in [2.05, 4.69) is 14.8 Å². The molecule has 2 unspecified atom stereocenters. The van der Waals surface area contributed by atoms with Crippen molar-refractivity contribution in [1.82, 2.24) is 14.8 Å². The van der Waals surface area contributed by atoms with Gasteiger partial charge < -0.3 is 39.7 Å². The van der Waals surface area contributed by atoms with Gasteiger partial charge in [-0.1, -0.05) is 19.1 Å². The number of carbonyl (C=O) groups is 3. The molecule has 60 heavy (non-hydrogen) atoms. The minimum Gasteiger partial charge on any atom is -0.496 e. The summed E-state index contributed by atoms with van der Waals surface area (Å²) in [5.74, 6) is -6.07. The molecule has 3 aromatic rings. The summed E-state index contributed by atoms with van der Waals surface area (Å²) in [6, 6.07) is 7.98. The number of likely N-dealkylation sites (N-methyl/N-ethyl adjacent to an activating group) is 1. The summed E-state index contributed by atoms with van der Waals surface area (Å²) < 4.78 is 54.4. The van der Waals surface area contributed by atoms with Gasteiger partial charge >= 0.3 is 17.9 Å². The van der Waals surface area contributed by atoms with Gasteiger partial charge in [-0.15, -0.1) is 0 Å². The molecule has 9 rings (SSSR count). The van der Waals surface area contributed by atoms with Gasteiger partial charge in [-0.05, 0) is 80.5 Å². The number of hydrogen-bond acceptors (Lipinski definition) is 12. The normalized spacial score (nSPS) is 35.4. The second-order valence-electron chi connectivity index (χ2n) is 18.3. The number of carbonyl (C=O) groups excluding carboxylic acids is 3. The summed E-state index contributed by atoms with van der Waals surface area (Å²) in [4.78, 5) is 52.5. The quantitative estimate of drug-likeness (QED) is 0.131. The molecule has 1 aliphatic carbocycles. The number of ether oxygens (including phenoxy) is 4. The van der Waals surface area contributed by atoms with Crippen LogP contribution in [0.15, 0.2) is 42.5 Å². The molecule has 0 amide bonds. The van der Waals surface area contributed by atoms with Crippen molar-refractivity contribution in [3.05, 3.63) is 64.9 Å². The standard InChI is InChI=1S/C45H55F2N5O8/c1-8-42-12-9-14-52-15-13-43(36(42)52)30-18-31(34(57-5)19-33(30)50(4)37(43)45(56,40(55)59-7)38(42)60-24(2)53)44(39(54)58-6)20-25-16-26(41(3,46)47)22-51(21-25)23-29-28-17-27(48)10-11-32(28)49-35(29)44/h9-12,17-19,25-26,36-38,49,56H,8,13-16,20-23,48H2,1-7H3/t25-,26?,36+,37-,38-,42-,43-,44+,45+/m1/s1. The number of hydrogen-bond donors (Lipinski definition) is 3. The van der Waals surface area contributed by atoms with Crippen molar-refractivity contribution >= 4 is 40.2 Å². The number of rotatable bonds is 7. The highest BCUT2D eigenvalue weighted by Gasteiger charge is 2.80. The van der Waals surface area contributed by atoms with E-state index in [0.29, 0.717) is 60.9 Å². The third-order valence-electron chi connectivity index (χ3n) is 15.4. The molecule has 1 saturated carbocycles. The predicted octanol–water partition coefficient (Wildman–Crippen LogP) is 4.66. The van der Waals surface area contributed by atoms with E-state index in [-0.39, 0.29) is 37.9 Å². The molecule has 0 radical (unpaired) electrons. The Morgan fingerprint density at radius 3 is 2.47 bits per heavy atom. The third-order valence-corrected chi connectivity index (χ3v) is 15.4. The molecular weight excluding hydrogens is 777 g/mol. The SMILES string of the molecule is CC[C@]12C=CCN3CC[C@@]4(c5cc([C@@]6(C(=O)OC)C[C@H]7CC(C(C)(F)F)CN(Cc8c6[nH]c6ccc(N)cc86)C7)c(OC)cc5N(C)[C@H]4[C@@](O)(C(=O)OC)[C@@H]1OC(C)=O)[C@@H]32. The first-order valence-corrected chi connectivity index (χ1v) is 20.9. The molecule has 15 heteroatoms. The second kappa shape index (κ2) is 13.6. The first-order chi connectivity index (χ1) is 28.5. The Labute approximate surface area is 348 Å². The molecule has 2 aromatic carbocycles. The van der Waals surface area contributed by atoms with E-state index in [1.54, 1.807) is 6.07 Å². The van der Waals surface area contributed by atoms with Crippen molar-refractivity contribution in [1.29, 1.82) is 0 Å². The van der Waals surface area contributed by atoms with Crippen LogP contribution in [0.5, 0.6) is 5.75 Å². The number of fused-ring (bicyclic) bond motifs is 6. The molecule has 322 valence electrons. The Balaban J connectivity index is 1.36. The molecule has 1 aromatic heterocycles. The number of alkyl halides is 2. The van der Waals surface area contributed by atoms with E-state index < -0.39 is 63.7 Å². The van der Waals surface area contributed by atoms with Crippen LogP contribution in [0.3, 0.4) is 0 Å². The highest BCUT2D eigenvalue weighted by atomic mass is 19.3. The molecule has 6 aliphatic rings. The minimum absolute atomic E-state index is 0.122. The molecule has 4 N–H and O–H groups in total. The van der Waals surface area contributed by atoms with E-state index in [1.807, 2.05) is 55.3 Å². The maximum Gasteiger partial charge on any atom is 0.344 e.